The molecule has 0 bridgehead atoms. The highest BCUT2D eigenvalue weighted by atomic mass is 32.2. The highest BCUT2D eigenvalue weighted by Gasteiger charge is 2.15. The molecule has 0 aliphatic carbocycles. The molecule has 0 unspecified atom stereocenters. The van der Waals surface area contributed by atoms with E-state index in [4.69, 9.17) is 0 Å². The fourth-order valence-corrected chi connectivity index (χ4v) is 4.94. The van der Waals surface area contributed by atoms with E-state index in [1.807, 2.05) is 42.5 Å². The van der Waals surface area contributed by atoms with Crippen molar-refractivity contribution >= 4 is 38.7 Å². The zero-order valence-corrected chi connectivity index (χ0v) is 18.7. The number of imidazole rings is 1. The van der Waals surface area contributed by atoms with E-state index in [1.54, 1.807) is 24.8 Å². The summed E-state index contributed by atoms with van der Waals surface area (Å²) in [5, 5.41) is 3.71. The van der Waals surface area contributed by atoms with Crippen molar-refractivity contribution in [2.45, 2.75) is 24.3 Å². The minimum Gasteiger partial charge on any atom is -0.352 e. The minimum absolute atomic E-state index is 0.154. The van der Waals surface area contributed by atoms with E-state index in [2.05, 4.69) is 15.3 Å². The second-order valence-electron chi connectivity index (χ2n) is 6.87. The lowest BCUT2D eigenvalue weighted by Gasteiger charge is -2.17. The SMILES string of the molecule is CCN(CCCNC(=O)c1ccccc1CSc1nc2ccccc2[nH]1)S(C)(=O)=O. The number of hydrogen-bond acceptors (Lipinski definition) is 5. The first-order chi connectivity index (χ1) is 14.4. The van der Waals surface area contributed by atoms with Crippen LogP contribution in [0.15, 0.2) is 53.7 Å². The van der Waals surface area contributed by atoms with E-state index >= 15 is 0 Å². The lowest BCUT2D eigenvalue weighted by molar-refractivity contribution is 0.0952. The van der Waals surface area contributed by atoms with Gasteiger partial charge < -0.3 is 10.3 Å². The summed E-state index contributed by atoms with van der Waals surface area (Å²) in [5.74, 6) is 0.458. The van der Waals surface area contributed by atoms with Crippen LogP contribution in [0.1, 0.15) is 29.3 Å². The molecular formula is C21H26N4O3S2. The molecule has 0 spiro atoms. The number of sulfonamides is 1. The van der Waals surface area contributed by atoms with Crippen molar-refractivity contribution in [1.82, 2.24) is 19.6 Å². The van der Waals surface area contributed by atoms with Gasteiger partial charge in [-0.25, -0.2) is 17.7 Å². The predicted octanol–water partition coefficient (Wildman–Crippen LogP) is 3.26. The number of aromatic nitrogens is 2. The number of hydrogen-bond donors (Lipinski definition) is 2. The van der Waals surface area contributed by atoms with Crippen LogP contribution in [0, 0.1) is 0 Å². The molecule has 3 rings (SSSR count). The molecule has 3 aromatic rings. The van der Waals surface area contributed by atoms with Crippen LogP contribution in [0.3, 0.4) is 0 Å². The van der Waals surface area contributed by atoms with Gasteiger partial charge in [-0.1, -0.05) is 49.0 Å². The van der Waals surface area contributed by atoms with Crippen molar-refractivity contribution in [2.24, 2.45) is 0 Å². The minimum atomic E-state index is -3.21. The number of rotatable bonds is 10. The van der Waals surface area contributed by atoms with Gasteiger partial charge in [-0.05, 0) is 30.2 Å². The summed E-state index contributed by atoms with van der Waals surface area (Å²) in [4.78, 5) is 20.5. The fourth-order valence-electron chi connectivity index (χ4n) is 3.12. The Kier molecular flexibility index (Phi) is 7.52. The molecule has 9 heteroatoms. The van der Waals surface area contributed by atoms with Gasteiger partial charge in [0.25, 0.3) is 5.91 Å². The Morgan fingerprint density at radius 2 is 1.90 bits per heavy atom. The van der Waals surface area contributed by atoms with Crippen molar-refractivity contribution < 1.29 is 13.2 Å². The zero-order chi connectivity index (χ0) is 21.6. The maximum absolute atomic E-state index is 12.7. The van der Waals surface area contributed by atoms with Gasteiger partial charge >= 0.3 is 0 Å². The Labute approximate surface area is 181 Å². The van der Waals surface area contributed by atoms with E-state index in [9.17, 15) is 13.2 Å². The number of nitrogens with zero attached hydrogens (tertiary/aromatic N) is 2. The second kappa shape index (κ2) is 10.1. The van der Waals surface area contributed by atoms with Crippen molar-refractivity contribution in [3.8, 4) is 0 Å². The monoisotopic (exact) mass is 446 g/mol. The molecule has 30 heavy (non-hydrogen) atoms. The molecule has 0 aliphatic rings. The zero-order valence-electron chi connectivity index (χ0n) is 17.1. The summed E-state index contributed by atoms with van der Waals surface area (Å²) in [6.07, 6.45) is 1.76. The van der Waals surface area contributed by atoms with Gasteiger partial charge in [0.05, 0.1) is 17.3 Å². The number of carbonyl (C=O) groups is 1. The van der Waals surface area contributed by atoms with Crippen LogP contribution in [0.4, 0.5) is 0 Å². The van der Waals surface area contributed by atoms with Crippen molar-refractivity contribution in [2.75, 3.05) is 25.9 Å². The summed E-state index contributed by atoms with van der Waals surface area (Å²) in [6.45, 7) is 3.03. The van der Waals surface area contributed by atoms with Crippen LogP contribution in [-0.4, -0.2) is 54.5 Å². The van der Waals surface area contributed by atoms with E-state index < -0.39 is 10.0 Å². The lowest BCUT2D eigenvalue weighted by Crippen LogP contribution is -2.33. The first-order valence-electron chi connectivity index (χ1n) is 9.77. The van der Waals surface area contributed by atoms with Gasteiger partial charge in [-0.3, -0.25) is 4.79 Å². The van der Waals surface area contributed by atoms with Crippen LogP contribution < -0.4 is 5.32 Å². The Morgan fingerprint density at radius 3 is 2.63 bits per heavy atom. The highest BCUT2D eigenvalue weighted by molar-refractivity contribution is 7.98. The van der Waals surface area contributed by atoms with Crippen molar-refractivity contribution in [1.29, 1.82) is 0 Å². The number of carbonyl (C=O) groups excluding carboxylic acids is 1. The van der Waals surface area contributed by atoms with Gasteiger partial charge in [0.1, 0.15) is 0 Å². The smallest absolute Gasteiger partial charge is 0.251 e. The third-order valence-corrected chi connectivity index (χ3v) is 6.99. The van der Waals surface area contributed by atoms with Crippen molar-refractivity contribution in [3.63, 3.8) is 0 Å². The quantitative estimate of drug-likeness (QED) is 0.368. The molecule has 2 N–H and O–H groups in total. The fraction of sp³-hybridized carbons (Fsp3) is 0.333. The van der Waals surface area contributed by atoms with Gasteiger partial charge in [-0.2, -0.15) is 0 Å². The molecule has 2 aromatic carbocycles. The Bertz CT molecular complexity index is 1080. The molecule has 0 atom stereocenters. The average Bonchev–Trinajstić information content (AvgIpc) is 3.14. The van der Waals surface area contributed by atoms with E-state index in [1.165, 1.54) is 10.6 Å². The van der Waals surface area contributed by atoms with Gasteiger partial charge in [-0.15, -0.1) is 0 Å². The molecule has 0 saturated carbocycles. The van der Waals surface area contributed by atoms with Crippen LogP contribution in [0.2, 0.25) is 0 Å². The van der Waals surface area contributed by atoms with Crippen LogP contribution in [-0.2, 0) is 15.8 Å². The Hall–Kier alpha value is -2.36. The summed E-state index contributed by atoms with van der Waals surface area (Å²) in [7, 11) is -3.21. The van der Waals surface area contributed by atoms with Gasteiger partial charge in [0.15, 0.2) is 5.16 Å². The molecule has 1 amide bonds. The topological polar surface area (TPSA) is 95.2 Å². The van der Waals surface area contributed by atoms with Gasteiger partial charge in [0.2, 0.25) is 10.0 Å². The number of nitrogens with one attached hydrogen (secondary N) is 2. The molecule has 1 heterocycles. The first-order valence-corrected chi connectivity index (χ1v) is 12.6. The summed E-state index contributed by atoms with van der Waals surface area (Å²) < 4.78 is 24.7. The molecule has 0 aliphatic heterocycles. The number of H-pyrrole nitrogens is 1. The summed E-state index contributed by atoms with van der Waals surface area (Å²) in [6, 6.07) is 15.4. The lowest BCUT2D eigenvalue weighted by atomic mass is 10.1. The molecule has 0 saturated heterocycles. The molecule has 0 radical (unpaired) electrons. The first kappa shape index (κ1) is 22.3. The summed E-state index contributed by atoms with van der Waals surface area (Å²) >= 11 is 1.55. The maximum Gasteiger partial charge on any atom is 0.251 e. The van der Waals surface area contributed by atoms with Crippen LogP contribution >= 0.6 is 11.8 Å². The third kappa shape index (κ3) is 5.84. The van der Waals surface area contributed by atoms with Crippen molar-refractivity contribution in [3.05, 3.63) is 59.7 Å². The molecular weight excluding hydrogens is 420 g/mol. The van der Waals surface area contributed by atoms with E-state index in [0.717, 1.165) is 21.8 Å². The normalized spacial score (nSPS) is 11.8. The molecule has 1 aromatic heterocycles. The average molecular weight is 447 g/mol. The van der Waals surface area contributed by atoms with Crippen LogP contribution in [0.5, 0.6) is 0 Å². The number of amides is 1. The number of thioether (sulfide) groups is 1. The largest absolute Gasteiger partial charge is 0.352 e. The van der Waals surface area contributed by atoms with Gasteiger partial charge in [0, 0.05) is 31.0 Å². The maximum atomic E-state index is 12.7. The third-order valence-electron chi connectivity index (χ3n) is 4.69. The molecule has 7 nitrogen and oxygen atoms in total. The Morgan fingerprint density at radius 1 is 1.17 bits per heavy atom. The summed E-state index contributed by atoms with van der Waals surface area (Å²) in [5.41, 5.74) is 3.45. The molecule has 0 fully saturated rings. The number of benzene rings is 2. The predicted molar refractivity (Wildman–Crippen MR) is 121 cm³/mol. The number of para-hydroxylation sites is 2. The molecule has 160 valence electrons. The Balaban J connectivity index is 1.56. The second-order valence-corrected chi connectivity index (χ2v) is 9.82. The van der Waals surface area contributed by atoms with E-state index in [-0.39, 0.29) is 5.91 Å². The number of aromatic amines is 1. The van der Waals surface area contributed by atoms with E-state index in [0.29, 0.717) is 37.4 Å². The highest BCUT2D eigenvalue weighted by Crippen LogP contribution is 2.24. The van der Waals surface area contributed by atoms with Crippen LogP contribution in [0.25, 0.3) is 11.0 Å². The standard InChI is InChI=1S/C21H26N4O3S2/c1-3-25(30(2,27)28)14-8-13-22-20(26)17-10-5-4-9-16(17)15-29-21-23-18-11-6-7-12-19(18)24-21/h4-7,9-12H,3,8,13-15H2,1-2H3,(H,22,26)(H,23,24). The number of fused-ring (bicyclic) bond motifs is 1.